The molecule has 0 spiro atoms. The molecule has 3 aromatic rings. The third kappa shape index (κ3) is 5.08. The van der Waals surface area contributed by atoms with Gasteiger partial charge < -0.3 is 10.2 Å². The Morgan fingerprint density at radius 1 is 1.17 bits per heavy atom. The molecule has 3 atom stereocenters. The summed E-state index contributed by atoms with van der Waals surface area (Å²) in [7, 11) is 1.83. The van der Waals surface area contributed by atoms with Crippen LogP contribution >= 0.6 is 0 Å². The van der Waals surface area contributed by atoms with Gasteiger partial charge in [0.2, 0.25) is 17.8 Å². The van der Waals surface area contributed by atoms with Crippen molar-refractivity contribution < 1.29 is 18.4 Å². The number of benzene rings is 1. The van der Waals surface area contributed by atoms with E-state index < -0.39 is 30.1 Å². The van der Waals surface area contributed by atoms with Crippen molar-refractivity contribution >= 4 is 11.8 Å². The van der Waals surface area contributed by atoms with Crippen LogP contribution in [0.5, 0.6) is 0 Å². The zero-order valence-electron chi connectivity index (χ0n) is 20.2. The maximum atomic E-state index is 14.9. The molecule has 1 aliphatic heterocycles. The van der Waals surface area contributed by atoms with Gasteiger partial charge in [-0.25, -0.2) is 9.37 Å². The van der Waals surface area contributed by atoms with Gasteiger partial charge in [0.25, 0.3) is 0 Å². The number of nitrogens with zero attached hydrogens (tertiary/aromatic N) is 4. The monoisotopic (exact) mass is 481 g/mol. The third-order valence-corrected chi connectivity index (χ3v) is 6.40. The Kier molecular flexibility index (Phi) is 6.95. The molecular formula is C26H29F2N5O2. The molecule has 1 aliphatic rings. The Hall–Kier alpha value is -3.62. The minimum Gasteiger partial charge on any atom is -0.342 e. The van der Waals surface area contributed by atoms with Crippen LogP contribution in [0, 0.1) is 5.95 Å². The summed E-state index contributed by atoms with van der Waals surface area (Å²) in [6.45, 7) is 4.94. The third-order valence-electron chi connectivity index (χ3n) is 6.40. The first-order valence-corrected chi connectivity index (χ1v) is 11.6. The fourth-order valence-corrected chi connectivity index (χ4v) is 4.53. The molecule has 1 fully saturated rings. The molecule has 0 bridgehead atoms. The second-order valence-electron chi connectivity index (χ2n) is 9.20. The van der Waals surface area contributed by atoms with E-state index in [0.29, 0.717) is 16.8 Å². The molecule has 35 heavy (non-hydrogen) atoms. The van der Waals surface area contributed by atoms with Gasteiger partial charge in [-0.3, -0.25) is 14.3 Å². The number of nitrogens with one attached hydrogen (secondary N) is 1. The lowest BCUT2D eigenvalue weighted by molar-refractivity contribution is -0.137. The second kappa shape index (κ2) is 9.93. The quantitative estimate of drug-likeness (QED) is 0.542. The highest BCUT2D eigenvalue weighted by atomic mass is 19.1. The van der Waals surface area contributed by atoms with Gasteiger partial charge in [0.05, 0.1) is 24.0 Å². The summed E-state index contributed by atoms with van der Waals surface area (Å²) >= 11 is 0. The largest absolute Gasteiger partial charge is 0.342 e. The Balaban J connectivity index is 1.74. The van der Waals surface area contributed by atoms with Gasteiger partial charge in [0.1, 0.15) is 12.2 Å². The summed E-state index contributed by atoms with van der Waals surface area (Å²) in [6.07, 6.45) is 0.329. The van der Waals surface area contributed by atoms with Crippen LogP contribution in [0.15, 0.2) is 48.7 Å². The molecule has 4 rings (SSSR count). The van der Waals surface area contributed by atoms with Crippen LogP contribution in [0.4, 0.5) is 8.78 Å². The van der Waals surface area contributed by atoms with E-state index in [-0.39, 0.29) is 24.8 Å². The predicted octanol–water partition coefficient (Wildman–Crippen LogP) is 3.91. The molecule has 0 saturated carbocycles. The Morgan fingerprint density at radius 3 is 2.57 bits per heavy atom. The van der Waals surface area contributed by atoms with Crippen LogP contribution in [0.25, 0.3) is 11.3 Å². The molecule has 1 N–H and O–H groups in total. The van der Waals surface area contributed by atoms with Crippen LogP contribution in [0.1, 0.15) is 56.0 Å². The first kappa shape index (κ1) is 24.5. The van der Waals surface area contributed by atoms with Gasteiger partial charge in [-0.05, 0) is 29.7 Å². The van der Waals surface area contributed by atoms with Crippen LogP contribution < -0.4 is 5.32 Å². The van der Waals surface area contributed by atoms with Crippen LogP contribution in [0.2, 0.25) is 0 Å². The van der Waals surface area contributed by atoms with E-state index in [2.05, 4.69) is 15.4 Å². The number of aryl methyl sites for hydroxylation is 1. The minimum atomic E-state index is -1.28. The lowest BCUT2D eigenvalue weighted by Crippen LogP contribution is -2.46. The van der Waals surface area contributed by atoms with E-state index in [1.807, 2.05) is 51.2 Å². The highest BCUT2D eigenvalue weighted by molar-refractivity contribution is 5.88. The number of carbonyl (C=O) groups is 2. The molecule has 0 unspecified atom stereocenters. The van der Waals surface area contributed by atoms with Gasteiger partial charge in [-0.15, -0.1) is 0 Å². The zero-order chi connectivity index (χ0) is 25.3. The average molecular weight is 482 g/mol. The number of alkyl halides is 1. The van der Waals surface area contributed by atoms with E-state index in [9.17, 15) is 18.4 Å². The van der Waals surface area contributed by atoms with Crippen molar-refractivity contribution in [2.75, 3.05) is 6.54 Å². The van der Waals surface area contributed by atoms with Crippen molar-refractivity contribution in [1.29, 1.82) is 0 Å². The number of halogens is 2. The lowest BCUT2D eigenvalue weighted by Gasteiger charge is -2.26. The molecule has 0 aliphatic carbocycles. The Bertz CT molecular complexity index is 1240. The van der Waals surface area contributed by atoms with E-state index >= 15 is 0 Å². The summed E-state index contributed by atoms with van der Waals surface area (Å²) in [5, 5.41) is 7.12. The molecule has 1 saturated heterocycles. The van der Waals surface area contributed by atoms with Crippen LogP contribution in [-0.4, -0.2) is 50.2 Å². The topological polar surface area (TPSA) is 80.1 Å². The standard InChI is InChI=1S/C26H29F2N5O2/c1-15(2)20-8-9-21(30-25(20)28)24(31-26(35)23-13-19(27)14-33(23)16(3)34)18-7-5-6-17(12-18)22-10-11-29-32(22)4/h5-12,15,19,23-24H,13-14H2,1-4H3,(H,31,35)/t19-,23+,24+/m1/s1. The van der Waals surface area contributed by atoms with Crippen molar-refractivity contribution in [3.63, 3.8) is 0 Å². The molecule has 1 aromatic carbocycles. The highest BCUT2D eigenvalue weighted by Crippen LogP contribution is 2.29. The molecule has 0 radical (unpaired) electrons. The summed E-state index contributed by atoms with van der Waals surface area (Å²) in [5.41, 5.74) is 3.18. The maximum Gasteiger partial charge on any atom is 0.243 e. The number of rotatable bonds is 6. The van der Waals surface area contributed by atoms with Crippen molar-refractivity contribution in [2.45, 2.75) is 51.4 Å². The smallest absolute Gasteiger partial charge is 0.243 e. The minimum absolute atomic E-state index is 0.0538. The summed E-state index contributed by atoms with van der Waals surface area (Å²) < 4.78 is 30.7. The SMILES string of the molecule is CC(=O)N1C[C@H](F)C[C@H]1C(=O)N[C@@H](c1cccc(-c2ccnn2C)c1)c1ccc(C(C)C)c(F)n1. The molecular weight excluding hydrogens is 452 g/mol. The van der Waals surface area contributed by atoms with Gasteiger partial charge in [0, 0.05) is 37.7 Å². The lowest BCUT2D eigenvalue weighted by atomic mass is 9.97. The van der Waals surface area contributed by atoms with Crippen molar-refractivity contribution in [1.82, 2.24) is 25.0 Å². The molecule has 2 aromatic heterocycles. The van der Waals surface area contributed by atoms with E-state index in [1.54, 1.807) is 23.0 Å². The van der Waals surface area contributed by atoms with Crippen molar-refractivity contribution in [3.8, 4) is 11.3 Å². The first-order valence-electron chi connectivity index (χ1n) is 11.6. The fraction of sp³-hybridized carbons (Fsp3) is 0.385. The highest BCUT2D eigenvalue weighted by Gasteiger charge is 2.39. The fourth-order valence-electron chi connectivity index (χ4n) is 4.53. The van der Waals surface area contributed by atoms with Crippen LogP contribution in [-0.2, 0) is 16.6 Å². The van der Waals surface area contributed by atoms with E-state index in [0.717, 1.165) is 11.3 Å². The molecule has 7 nitrogen and oxygen atoms in total. The van der Waals surface area contributed by atoms with E-state index in [1.165, 1.54) is 11.8 Å². The first-order chi connectivity index (χ1) is 16.7. The number of hydrogen-bond acceptors (Lipinski definition) is 4. The number of pyridine rings is 1. The van der Waals surface area contributed by atoms with Gasteiger partial charge in [-0.2, -0.15) is 9.49 Å². The number of likely N-dealkylation sites (tertiary alicyclic amines) is 1. The number of carbonyl (C=O) groups excluding carboxylic acids is 2. The number of hydrogen-bond donors (Lipinski definition) is 1. The van der Waals surface area contributed by atoms with Crippen molar-refractivity contribution in [2.24, 2.45) is 7.05 Å². The number of aromatic nitrogens is 3. The van der Waals surface area contributed by atoms with E-state index in [4.69, 9.17) is 0 Å². The Labute approximate surface area is 203 Å². The van der Waals surface area contributed by atoms with Crippen molar-refractivity contribution in [3.05, 3.63) is 71.4 Å². The normalized spacial score (nSPS) is 18.7. The van der Waals surface area contributed by atoms with Gasteiger partial charge in [0.15, 0.2) is 0 Å². The van der Waals surface area contributed by atoms with Gasteiger partial charge in [-0.1, -0.05) is 38.1 Å². The molecule has 9 heteroatoms. The molecule has 2 amide bonds. The maximum absolute atomic E-state index is 14.9. The summed E-state index contributed by atoms with van der Waals surface area (Å²) in [6, 6.07) is 10.9. The van der Waals surface area contributed by atoms with Gasteiger partial charge >= 0.3 is 0 Å². The predicted molar refractivity (Wildman–Crippen MR) is 128 cm³/mol. The average Bonchev–Trinajstić information content (AvgIpc) is 3.42. The molecule has 3 heterocycles. The number of amides is 2. The zero-order valence-corrected chi connectivity index (χ0v) is 20.2. The Morgan fingerprint density at radius 2 is 1.94 bits per heavy atom. The van der Waals surface area contributed by atoms with Crippen LogP contribution in [0.3, 0.4) is 0 Å². The summed E-state index contributed by atoms with van der Waals surface area (Å²) in [4.78, 5) is 30.7. The second-order valence-corrected chi connectivity index (χ2v) is 9.20. The molecule has 184 valence electrons. The summed E-state index contributed by atoms with van der Waals surface area (Å²) in [5.74, 6) is -1.53.